The van der Waals surface area contributed by atoms with Crippen molar-refractivity contribution in [3.05, 3.63) is 16.6 Å². The second-order valence-corrected chi connectivity index (χ2v) is 8.21. The van der Waals surface area contributed by atoms with Gasteiger partial charge in [-0.2, -0.15) is 13.2 Å². The molecular formula is C18H24F3N3O5S. The molecule has 3 atom stereocenters. The number of likely N-dealkylation sites (tertiary alicyclic amines) is 1. The van der Waals surface area contributed by atoms with Gasteiger partial charge in [0.2, 0.25) is 0 Å². The number of thiazole rings is 1. The molecule has 0 radical (unpaired) electrons. The molecule has 1 aromatic heterocycles. The molecule has 3 fully saturated rings. The molecule has 1 aromatic rings. The number of halogens is 3. The van der Waals surface area contributed by atoms with Crippen LogP contribution in [0.25, 0.3) is 0 Å². The normalized spacial score (nSPS) is 27.2. The molecular weight excluding hydrogens is 427 g/mol. The molecule has 1 N–H and O–H groups in total. The van der Waals surface area contributed by atoms with Gasteiger partial charge in [0.25, 0.3) is 5.91 Å². The molecule has 168 valence electrons. The van der Waals surface area contributed by atoms with Crippen molar-refractivity contribution in [3.63, 3.8) is 0 Å². The number of amides is 1. The summed E-state index contributed by atoms with van der Waals surface area (Å²) in [4.78, 5) is 30.3. The van der Waals surface area contributed by atoms with Crippen LogP contribution < -0.4 is 0 Å². The summed E-state index contributed by atoms with van der Waals surface area (Å²) in [5.41, 5.74) is 0. The zero-order valence-electron chi connectivity index (χ0n) is 16.2. The number of hydrogen-bond donors (Lipinski definition) is 1. The van der Waals surface area contributed by atoms with Gasteiger partial charge in [0, 0.05) is 37.3 Å². The average molecular weight is 451 g/mol. The van der Waals surface area contributed by atoms with E-state index in [1.54, 1.807) is 11.3 Å². The minimum Gasteiger partial charge on any atom is -0.475 e. The largest absolute Gasteiger partial charge is 0.490 e. The maximum Gasteiger partial charge on any atom is 0.490 e. The highest BCUT2D eigenvalue weighted by Gasteiger charge is 2.42. The number of carboxylic acids is 1. The highest BCUT2D eigenvalue weighted by atomic mass is 32.1. The number of carbonyl (C=O) groups is 2. The van der Waals surface area contributed by atoms with Crippen LogP contribution in [0.3, 0.4) is 0 Å². The third-order valence-corrected chi connectivity index (χ3v) is 6.09. The Morgan fingerprint density at radius 1 is 1.20 bits per heavy atom. The quantitative estimate of drug-likeness (QED) is 0.749. The van der Waals surface area contributed by atoms with Gasteiger partial charge in [0.15, 0.2) is 0 Å². The van der Waals surface area contributed by atoms with Crippen LogP contribution in [0.4, 0.5) is 13.2 Å². The van der Waals surface area contributed by atoms with Crippen molar-refractivity contribution in [1.82, 2.24) is 14.8 Å². The Labute approximate surface area is 175 Å². The van der Waals surface area contributed by atoms with Crippen LogP contribution in [0.1, 0.15) is 24.3 Å². The summed E-state index contributed by atoms with van der Waals surface area (Å²) in [6, 6.07) is 0.438. The van der Waals surface area contributed by atoms with E-state index in [0.717, 1.165) is 37.4 Å². The summed E-state index contributed by atoms with van der Waals surface area (Å²) >= 11 is 1.71. The molecule has 0 bridgehead atoms. The topological polar surface area (TPSA) is 92.2 Å². The lowest BCUT2D eigenvalue weighted by Crippen LogP contribution is -2.51. The predicted octanol–water partition coefficient (Wildman–Crippen LogP) is 1.76. The SMILES string of the molecule is O=C(O)C(F)(F)F.O=C([C@H]1CC[C@@H]2[C@@H](CCN2Cc2nccs2)O1)N1CCOCC1. The van der Waals surface area contributed by atoms with Gasteiger partial charge < -0.3 is 19.5 Å². The van der Waals surface area contributed by atoms with Crippen molar-refractivity contribution in [1.29, 1.82) is 0 Å². The highest BCUT2D eigenvalue weighted by Crippen LogP contribution is 2.33. The molecule has 0 aromatic carbocycles. The highest BCUT2D eigenvalue weighted by molar-refractivity contribution is 7.09. The molecule has 1 amide bonds. The number of fused-ring (bicyclic) bond motifs is 1. The molecule has 0 spiro atoms. The first-order valence-electron chi connectivity index (χ1n) is 9.70. The smallest absolute Gasteiger partial charge is 0.475 e. The van der Waals surface area contributed by atoms with E-state index in [1.165, 1.54) is 0 Å². The lowest BCUT2D eigenvalue weighted by molar-refractivity contribution is -0.192. The Balaban J connectivity index is 0.000000318. The van der Waals surface area contributed by atoms with Crippen LogP contribution in [0.15, 0.2) is 11.6 Å². The van der Waals surface area contributed by atoms with Crippen molar-refractivity contribution in [3.8, 4) is 0 Å². The molecule has 0 unspecified atom stereocenters. The summed E-state index contributed by atoms with van der Waals surface area (Å²) in [7, 11) is 0. The maximum absolute atomic E-state index is 12.6. The second-order valence-electron chi connectivity index (χ2n) is 7.23. The molecule has 4 rings (SSSR count). The molecule has 4 heterocycles. The van der Waals surface area contributed by atoms with Gasteiger partial charge in [-0.05, 0) is 19.3 Å². The Bertz CT molecular complexity index is 712. The van der Waals surface area contributed by atoms with Crippen molar-refractivity contribution in [2.24, 2.45) is 0 Å². The van der Waals surface area contributed by atoms with Crippen molar-refractivity contribution in [2.45, 2.75) is 50.2 Å². The van der Waals surface area contributed by atoms with E-state index in [0.29, 0.717) is 32.3 Å². The molecule has 0 aliphatic carbocycles. The third-order valence-electron chi connectivity index (χ3n) is 5.33. The molecule has 3 aliphatic heterocycles. The Kier molecular flexibility index (Phi) is 7.66. The van der Waals surface area contributed by atoms with Gasteiger partial charge in [-0.15, -0.1) is 11.3 Å². The van der Waals surface area contributed by atoms with E-state index >= 15 is 0 Å². The minimum absolute atomic E-state index is 0.158. The van der Waals surface area contributed by atoms with E-state index in [1.807, 2.05) is 16.5 Å². The fourth-order valence-corrected chi connectivity index (χ4v) is 4.53. The number of aromatic nitrogens is 1. The van der Waals surface area contributed by atoms with Crippen molar-refractivity contribution >= 4 is 23.2 Å². The van der Waals surface area contributed by atoms with E-state index in [4.69, 9.17) is 19.4 Å². The van der Waals surface area contributed by atoms with Crippen LogP contribution in [0.2, 0.25) is 0 Å². The number of ether oxygens (including phenoxy) is 2. The number of carboxylic acid groups (broad SMARTS) is 1. The number of morpholine rings is 1. The predicted molar refractivity (Wildman–Crippen MR) is 99.9 cm³/mol. The zero-order valence-corrected chi connectivity index (χ0v) is 17.0. The minimum atomic E-state index is -5.08. The van der Waals surface area contributed by atoms with E-state index in [-0.39, 0.29) is 18.1 Å². The van der Waals surface area contributed by atoms with Gasteiger partial charge in [0.1, 0.15) is 11.1 Å². The second kappa shape index (κ2) is 10.0. The first-order chi connectivity index (χ1) is 14.3. The van der Waals surface area contributed by atoms with Crippen LogP contribution in [0.5, 0.6) is 0 Å². The lowest BCUT2D eigenvalue weighted by atomic mass is 9.98. The number of carbonyl (C=O) groups excluding carboxylic acids is 1. The van der Waals surface area contributed by atoms with Gasteiger partial charge in [-0.1, -0.05) is 0 Å². The van der Waals surface area contributed by atoms with Crippen molar-refractivity contribution in [2.75, 3.05) is 32.8 Å². The summed E-state index contributed by atoms with van der Waals surface area (Å²) in [6.45, 7) is 4.63. The Hall–Kier alpha value is -1.76. The first-order valence-corrected chi connectivity index (χ1v) is 10.6. The lowest BCUT2D eigenvalue weighted by Gasteiger charge is -2.37. The van der Waals surface area contributed by atoms with Gasteiger partial charge >= 0.3 is 12.1 Å². The summed E-state index contributed by atoms with van der Waals surface area (Å²) in [5, 5.41) is 10.3. The van der Waals surface area contributed by atoms with Crippen LogP contribution in [0, 0.1) is 0 Å². The third kappa shape index (κ3) is 5.90. The number of alkyl halides is 3. The van der Waals surface area contributed by atoms with Crippen molar-refractivity contribution < 1.29 is 37.3 Å². The first kappa shape index (κ1) is 22.9. The van der Waals surface area contributed by atoms with E-state index in [9.17, 15) is 18.0 Å². The number of aliphatic carboxylic acids is 1. The standard InChI is InChI=1S/C16H23N3O3S.C2HF3O2/c20-16(18-6-8-21-9-7-18)14-2-1-12-13(22-14)3-5-19(12)11-15-17-4-10-23-15;3-2(4,5)1(6)7/h4,10,12-14H,1-3,5-9,11H2;(H,6,7)/t12-,13-,14-;/m1./s1. The fraction of sp³-hybridized carbons (Fsp3) is 0.722. The Morgan fingerprint density at radius 3 is 2.50 bits per heavy atom. The maximum atomic E-state index is 12.6. The van der Waals surface area contributed by atoms with Gasteiger partial charge in [-0.25, -0.2) is 9.78 Å². The molecule has 8 nitrogen and oxygen atoms in total. The number of nitrogens with zero attached hydrogens (tertiary/aromatic N) is 3. The summed E-state index contributed by atoms with van der Waals surface area (Å²) < 4.78 is 43.2. The Morgan fingerprint density at radius 2 is 1.90 bits per heavy atom. The summed E-state index contributed by atoms with van der Waals surface area (Å²) in [5.74, 6) is -2.60. The van der Waals surface area contributed by atoms with Crippen LogP contribution in [-0.4, -0.2) is 89.0 Å². The average Bonchev–Trinajstić information content (AvgIpc) is 3.38. The molecule has 3 saturated heterocycles. The zero-order chi connectivity index (χ0) is 21.7. The fourth-order valence-electron chi connectivity index (χ4n) is 3.88. The monoisotopic (exact) mass is 451 g/mol. The van der Waals surface area contributed by atoms with Gasteiger partial charge in [0.05, 0.1) is 25.9 Å². The molecule has 30 heavy (non-hydrogen) atoms. The van der Waals surface area contributed by atoms with Crippen LogP contribution in [-0.2, 0) is 25.6 Å². The van der Waals surface area contributed by atoms with Gasteiger partial charge in [-0.3, -0.25) is 9.69 Å². The summed E-state index contributed by atoms with van der Waals surface area (Å²) in [6.07, 6.45) is -0.402. The molecule has 3 aliphatic rings. The van der Waals surface area contributed by atoms with Crippen LogP contribution >= 0.6 is 11.3 Å². The number of rotatable bonds is 3. The van der Waals surface area contributed by atoms with E-state index < -0.39 is 12.1 Å². The number of hydrogen-bond acceptors (Lipinski definition) is 7. The van der Waals surface area contributed by atoms with E-state index in [2.05, 4.69) is 9.88 Å². The molecule has 0 saturated carbocycles. The molecule has 12 heteroatoms.